The maximum Gasteiger partial charge on any atom is 0.319 e. The predicted octanol–water partition coefficient (Wildman–Crippen LogP) is 1.71. The Bertz CT molecular complexity index is 609. The van der Waals surface area contributed by atoms with Crippen molar-refractivity contribution in [2.75, 3.05) is 11.9 Å². The Kier molecular flexibility index (Phi) is 6.62. The summed E-state index contributed by atoms with van der Waals surface area (Å²) in [4.78, 5) is 33.6. The summed E-state index contributed by atoms with van der Waals surface area (Å²) in [5.41, 5.74) is 5.64. The molecule has 1 aromatic carbocycles. The highest BCUT2D eigenvalue weighted by Crippen LogP contribution is 2.24. The minimum Gasteiger partial charge on any atom is -0.493 e. The van der Waals surface area contributed by atoms with E-state index < -0.39 is 11.9 Å². The average Bonchev–Trinajstić information content (AvgIpc) is 2.56. The molecule has 1 aliphatic carbocycles. The number of nitrogens with one attached hydrogen (secondary N) is 2. The Labute approximate surface area is 145 Å². The van der Waals surface area contributed by atoms with E-state index in [1.54, 1.807) is 24.3 Å². The van der Waals surface area contributed by atoms with Crippen molar-refractivity contribution in [2.24, 2.45) is 11.7 Å². The van der Waals surface area contributed by atoms with Gasteiger partial charge in [-0.05, 0) is 49.9 Å². The van der Waals surface area contributed by atoms with Crippen LogP contribution in [0.2, 0.25) is 0 Å². The lowest BCUT2D eigenvalue weighted by molar-refractivity contribution is -0.142. The number of carbonyl (C=O) groups excluding carboxylic acids is 2. The molecule has 0 saturated heterocycles. The first-order valence-electron chi connectivity index (χ1n) is 8.25. The number of hydrogen-bond donors (Lipinski definition) is 4. The van der Waals surface area contributed by atoms with Crippen LogP contribution in [0.15, 0.2) is 24.3 Å². The highest BCUT2D eigenvalue weighted by atomic mass is 16.5. The van der Waals surface area contributed by atoms with E-state index >= 15 is 0 Å². The molecule has 1 aliphatic rings. The van der Waals surface area contributed by atoms with E-state index in [0.717, 1.165) is 0 Å². The Hall–Kier alpha value is -2.77. The molecule has 3 amide bonds. The number of hydrogen-bond acceptors (Lipinski definition) is 4. The summed E-state index contributed by atoms with van der Waals surface area (Å²) in [5.74, 6) is -0.907. The number of anilines is 1. The number of carboxylic acids is 1. The summed E-state index contributed by atoms with van der Waals surface area (Å²) >= 11 is 0. The number of urea groups is 1. The first kappa shape index (κ1) is 18.6. The lowest BCUT2D eigenvalue weighted by Crippen LogP contribution is -2.40. The molecule has 1 saturated carbocycles. The number of carboxylic acid groups (broad SMARTS) is 1. The number of carbonyl (C=O) groups is 3. The third-order valence-electron chi connectivity index (χ3n) is 4.14. The molecule has 5 N–H and O–H groups in total. The fraction of sp³-hybridized carbons (Fsp3) is 0.471. The molecule has 8 nitrogen and oxygen atoms in total. The largest absolute Gasteiger partial charge is 0.493 e. The molecular formula is C17H23N3O5. The van der Waals surface area contributed by atoms with Crippen molar-refractivity contribution in [2.45, 2.75) is 38.1 Å². The van der Waals surface area contributed by atoms with Gasteiger partial charge in [-0.25, -0.2) is 4.79 Å². The Morgan fingerprint density at radius 1 is 1.12 bits per heavy atom. The summed E-state index contributed by atoms with van der Waals surface area (Å²) in [6, 6.07) is 6.44. The molecule has 1 aromatic rings. The van der Waals surface area contributed by atoms with Crippen LogP contribution in [0.1, 0.15) is 32.1 Å². The summed E-state index contributed by atoms with van der Waals surface area (Å²) < 4.78 is 5.35. The van der Waals surface area contributed by atoms with Crippen LogP contribution < -0.4 is 21.1 Å². The van der Waals surface area contributed by atoms with Crippen molar-refractivity contribution in [3.05, 3.63) is 24.3 Å². The molecule has 8 heteroatoms. The number of benzene rings is 1. The fourth-order valence-corrected chi connectivity index (χ4v) is 2.74. The first-order chi connectivity index (χ1) is 11.9. The number of nitrogens with two attached hydrogens (primary N) is 1. The molecule has 0 bridgehead atoms. The van der Waals surface area contributed by atoms with Crippen LogP contribution in [-0.4, -0.2) is 35.7 Å². The molecule has 0 heterocycles. The van der Waals surface area contributed by atoms with Gasteiger partial charge in [0.15, 0.2) is 0 Å². The fourth-order valence-electron chi connectivity index (χ4n) is 2.74. The van der Waals surface area contributed by atoms with Crippen LogP contribution >= 0.6 is 0 Å². The molecule has 0 aromatic heterocycles. The molecule has 0 atom stereocenters. The molecule has 0 aliphatic heterocycles. The van der Waals surface area contributed by atoms with Crippen LogP contribution in [0, 0.1) is 5.92 Å². The van der Waals surface area contributed by atoms with Crippen molar-refractivity contribution < 1.29 is 24.2 Å². The van der Waals surface area contributed by atoms with E-state index in [2.05, 4.69) is 10.6 Å². The van der Waals surface area contributed by atoms with Gasteiger partial charge >= 0.3 is 12.0 Å². The highest BCUT2D eigenvalue weighted by Gasteiger charge is 2.26. The molecule has 25 heavy (non-hydrogen) atoms. The SMILES string of the molecule is NC(=O)CCOc1ccc(NC(=O)NC2CCC(C(=O)O)CC2)cc1. The Balaban J connectivity index is 1.73. The quantitative estimate of drug-likeness (QED) is 0.595. The first-order valence-corrected chi connectivity index (χ1v) is 8.25. The molecule has 136 valence electrons. The number of amides is 3. The van der Waals surface area contributed by atoms with Crippen molar-refractivity contribution in [1.82, 2.24) is 5.32 Å². The van der Waals surface area contributed by atoms with Gasteiger partial charge in [0.05, 0.1) is 18.9 Å². The molecule has 0 spiro atoms. The highest BCUT2D eigenvalue weighted by molar-refractivity contribution is 5.89. The summed E-state index contributed by atoms with van der Waals surface area (Å²) in [6.45, 7) is 0.210. The summed E-state index contributed by atoms with van der Waals surface area (Å²) in [7, 11) is 0. The topological polar surface area (TPSA) is 131 Å². The zero-order chi connectivity index (χ0) is 18.2. The second-order valence-corrected chi connectivity index (χ2v) is 6.07. The predicted molar refractivity (Wildman–Crippen MR) is 91.3 cm³/mol. The minimum absolute atomic E-state index is 0.00740. The van der Waals surface area contributed by atoms with E-state index in [9.17, 15) is 14.4 Å². The van der Waals surface area contributed by atoms with E-state index in [4.69, 9.17) is 15.6 Å². The van der Waals surface area contributed by atoms with Gasteiger partial charge in [0, 0.05) is 11.7 Å². The van der Waals surface area contributed by atoms with Gasteiger partial charge in [0.1, 0.15) is 5.75 Å². The second-order valence-electron chi connectivity index (χ2n) is 6.07. The zero-order valence-electron chi connectivity index (χ0n) is 13.9. The Morgan fingerprint density at radius 2 is 1.76 bits per heavy atom. The van der Waals surface area contributed by atoms with Crippen LogP contribution in [-0.2, 0) is 9.59 Å². The van der Waals surface area contributed by atoms with Crippen LogP contribution in [0.3, 0.4) is 0 Å². The van der Waals surface area contributed by atoms with Crippen molar-refractivity contribution >= 4 is 23.6 Å². The van der Waals surface area contributed by atoms with E-state index in [1.165, 1.54) is 0 Å². The van der Waals surface area contributed by atoms with E-state index in [0.29, 0.717) is 37.1 Å². The smallest absolute Gasteiger partial charge is 0.319 e. The number of primary amides is 1. The van der Waals surface area contributed by atoms with Crippen molar-refractivity contribution in [1.29, 1.82) is 0 Å². The third-order valence-corrected chi connectivity index (χ3v) is 4.14. The number of ether oxygens (including phenoxy) is 1. The average molecular weight is 349 g/mol. The van der Waals surface area contributed by atoms with Gasteiger partial charge in [-0.3, -0.25) is 9.59 Å². The van der Waals surface area contributed by atoms with E-state index in [-0.39, 0.29) is 31.0 Å². The van der Waals surface area contributed by atoms with Gasteiger partial charge in [-0.1, -0.05) is 0 Å². The van der Waals surface area contributed by atoms with Crippen LogP contribution in [0.5, 0.6) is 5.75 Å². The standard InChI is InChI=1S/C17H23N3O5/c18-15(21)9-10-25-14-7-5-13(6-8-14)20-17(24)19-12-3-1-11(2-4-12)16(22)23/h5-8,11-12H,1-4,9-10H2,(H2,18,21)(H,22,23)(H2,19,20,24). The lowest BCUT2D eigenvalue weighted by atomic mass is 9.86. The van der Waals surface area contributed by atoms with Crippen molar-refractivity contribution in [3.63, 3.8) is 0 Å². The summed E-state index contributed by atoms with van der Waals surface area (Å²) in [6.07, 6.45) is 2.63. The molecule has 0 radical (unpaired) electrons. The molecule has 1 fully saturated rings. The van der Waals surface area contributed by atoms with Crippen LogP contribution in [0.4, 0.5) is 10.5 Å². The van der Waals surface area contributed by atoms with Gasteiger partial charge < -0.3 is 26.2 Å². The molecule has 2 rings (SSSR count). The van der Waals surface area contributed by atoms with Gasteiger partial charge in [-0.2, -0.15) is 0 Å². The monoisotopic (exact) mass is 349 g/mol. The second kappa shape index (κ2) is 8.91. The van der Waals surface area contributed by atoms with Crippen LogP contribution in [0.25, 0.3) is 0 Å². The minimum atomic E-state index is -0.763. The maximum atomic E-state index is 12.0. The van der Waals surface area contributed by atoms with Gasteiger partial charge in [0.25, 0.3) is 0 Å². The van der Waals surface area contributed by atoms with Gasteiger partial charge in [-0.15, -0.1) is 0 Å². The zero-order valence-corrected chi connectivity index (χ0v) is 13.9. The normalized spacial score (nSPS) is 19.7. The van der Waals surface area contributed by atoms with Gasteiger partial charge in [0.2, 0.25) is 5.91 Å². The van der Waals surface area contributed by atoms with Crippen molar-refractivity contribution in [3.8, 4) is 5.75 Å². The Morgan fingerprint density at radius 3 is 2.32 bits per heavy atom. The maximum absolute atomic E-state index is 12.0. The van der Waals surface area contributed by atoms with E-state index in [1.807, 2.05) is 0 Å². The molecule has 0 unspecified atom stereocenters. The molecular weight excluding hydrogens is 326 g/mol. The number of aliphatic carboxylic acids is 1. The summed E-state index contributed by atoms with van der Waals surface area (Å²) in [5, 5.41) is 14.6. The lowest BCUT2D eigenvalue weighted by Gasteiger charge is -2.26. The number of rotatable bonds is 7. The third kappa shape index (κ3) is 6.33.